The summed E-state index contributed by atoms with van der Waals surface area (Å²) in [6.07, 6.45) is 1.43. The van der Waals surface area contributed by atoms with Gasteiger partial charge in [-0.25, -0.2) is 0 Å². The van der Waals surface area contributed by atoms with Crippen LogP contribution in [0.25, 0.3) is 0 Å². The zero-order valence-electron chi connectivity index (χ0n) is 20.7. The van der Waals surface area contributed by atoms with Gasteiger partial charge < -0.3 is 38.4 Å². The van der Waals surface area contributed by atoms with Crippen molar-refractivity contribution in [1.82, 2.24) is 4.90 Å². The van der Waals surface area contributed by atoms with Crippen molar-refractivity contribution in [3.63, 3.8) is 0 Å². The molecule has 9 nitrogen and oxygen atoms in total. The summed E-state index contributed by atoms with van der Waals surface area (Å²) in [7, 11) is 4.75. The average molecular weight is 482 g/mol. The summed E-state index contributed by atoms with van der Waals surface area (Å²) in [6.45, 7) is 4.26. The lowest BCUT2D eigenvalue weighted by Crippen LogP contribution is -2.42. The number of hydrogen-bond acceptors (Lipinski definition) is 8. The zero-order valence-corrected chi connectivity index (χ0v) is 20.7. The summed E-state index contributed by atoms with van der Waals surface area (Å²) in [5.74, 6) is -0.155. The number of amides is 1. The Morgan fingerprint density at radius 1 is 1.09 bits per heavy atom. The fraction of sp³-hybridized carbons (Fsp3) is 0.640. The lowest BCUT2D eigenvalue weighted by atomic mass is 9.81. The van der Waals surface area contributed by atoms with E-state index in [0.29, 0.717) is 39.5 Å². The number of likely N-dealkylation sites (N-methyl/N-ethyl adjacent to an activating group) is 1. The van der Waals surface area contributed by atoms with Crippen LogP contribution in [0.15, 0.2) is 42.2 Å². The molecule has 1 N–H and O–H groups in total. The molecule has 0 aromatic heterocycles. The van der Waals surface area contributed by atoms with Crippen LogP contribution < -0.4 is 0 Å². The molecule has 0 fully saturated rings. The van der Waals surface area contributed by atoms with E-state index in [4.69, 9.17) is 33.5 Å². The van der Waals surface area contributed by atoms with Gasteiger partial charge in [-0.05, 0) is 25.0 Å². The van der Waals surface area contributed by atoms with Crippen LogP contribution >= 0.6 is 0 Å². The number of carbonyl (C=O) groups excluding carboxylic acids is 1. The van der Waals surface area contributed by atoms with Crippen molar-refractivity contribution in [1.29, 1.82) is 0 Å². The third-order valence-corrected chi connectivity index (χ3v) is 5.61. The van der Waals surface area contributed by atoms with Gasteiger partial charge in [-0.3, -0.25) is 4.79 Å². The first kappa shape index (κ1) is 28.2. The lowest BCUT2D eigenvalue weighted by molar-refractivity contribution is -0.174. The van der Waals surface area contributed by atoms with Gasteiger partial charge in [0.15, 0.2) is 12.0 Å². The highest BCUT2D eigenvalue weighted by Gasteiger charge is 2.38. The maximum atomic E-state index is 13.2. The number of nitrogens with zero attached hydrogens (tertiary/aromatic N) is 1. The predicted octanol–water partition coefficient (Wildman–Crippen LogP) is 2.16. The number of carbonyl (C=O) groups is 1. The summed E-state index contributed by atoms with van der Waals surface area (Å²) >= 11 is 0. The van der Waals surface area contributed by atoms with Gasteiger partial charge in [0.05, 0.1) is 33.0 Å². The first-order valence-electron chi connectivity index (χ1n) is 11.7. The van der Waals surface area contributed by atoms with Crippen LogP contribution in [0.5, 0.6) is 0 Å². The molecule has 1 aromatic carbocycles. The molecule has 0 saturated carbocycles. The number of aliphatic hydroxyl groups is 1. The Kier molecular flexibility index (Phi) is 13.1. The van der Waals surface area contributed by atoms with E-state index in [-0.39, 0.29) is 36.7 Å². The molecule has 1 aromatic rings. The number of rotatable bonds is 16. The Labute approximate surface area is 202 Å². The molecular formula is C25H39NO8. The van der Waals surface area contributed by atoms with E-state index in [1.165, 1.54) is 19.1 Å². The van der Waals surface area contributed by atoms with E-state index in [9.17, 15) is 4.79 Å². The molecule has 1 aliphatic heterocycles. The molecule has 1 amide bonds. The molecule has 1 aliphatic rings. The van der Waals surface area contributed by atoms with Gasteiger partial charge in [0.2, 0.25) is 6.29 Å². The van der Waals surface area contributed by atoms with Crippen LogP contribution in [-0.2, 0) is 33.2 Å². The quantitative estimate of drug-likeness (QED) is 0.284. The minimum absolute atomic E-state index is 0.00558. The maximum Gasteiger partial charge on any atom is 0.288 e. The molecule has 192 valence electrons. The van der Waals surface area contributed by atoms with Crippen LogP contribution in [-0.4, -0.2) is 95.9 Å². The number of hydrogen-bond donors (Lipinski definition) is 1. The summed E-state index contributed by atoms with van der Waals surface area (Å²) in [5, 5.41) is 8.78. The number of aliphatic hydroxyl groups excluding tert-OH is 1. The first-order valence-corrected chi connectivity index (χ1v) is 11.7. The fourth-order valence-corrected chi connectivity index (χ4v) is 3.83. The van der Waals surface area contributed by atoms with Crippen molar-refractivity contribution in [2.45, 2.75) is 31.8 Å². The SMILES string of the molecule is CCOC1OC(C(=O)N(C)CC(OC)OC)=CC(c2ccccc2)C1CCOCCOCCO. The summed E-state index contributed by atoms with van der Waals surface area (Å²) in [4.78, 5) is 14.7. The van der Waals surface area contributed by atoms with E-state index in [0.717, 1.165) is 5.56 Å². The smallest absolute Gasteiger partial charge is 0.288 e. The van der Waals surface area contributed by atoms with Crippen LogP contribution in [0.2, 0.25) is 0 Å². The van der Waals surface area contributed by atoms with E-state index < -0.39 is 12.6 Å². The van der Waals surface area contributed by atoms with Gasteiger partial charge in [-0.2, -0.15) is 0 Å². The average Bonchev–Trinajstić information content (AvgIpc) is 2.87. The van der Waals surface area contributed by atoms with Crippen molar-refractivity contribution < 1.29 is 38.3 Å². The third kappa shape index (κ3) is 8.65. The minimum Gasteiger partial charge on any atom is -0.459 e. The normalized spacial score (nSPS) is 20.2. The molecule has 3 unspecified atom stereocenters. The molecule has 2 rings (SSSR count). The second-order valence-electron chi connectivity index (χ2n) is 7.90. The fourth-order valence-electron chi connectivity index (χ4n) is 3.83. The molecule has 0 spiro atoms. The summed E-state index contributed by atoms with van der Waals surface area (Å²) in [5.41, 5.74) is 1.08. The number of benzene rings is 1. The van der Waals surface area contributed by atoms with Crippen molar-refractivity contribution >= 4 is 5.91 Å². The van der Waals surface area contributed by atoms with Crippen molar-refractivity contribution in [2.24, 2.45) is 5.92 Å². The largest absolute Gasteiger partial charge is 0.459 e. The second kappa shape index (κ2) is 15.8. The third-order valence-electron chi connectivity index (χ3n) is 5.61. The number of methoxy groups -OCH3 is 2. The predicted molar refractivity (Wildman–Crippen MR) is 126 cm³/mol. The second-order valence-corrected chi connectivity index (χ2v) is 7.90. The molecule has 0 bridgehead atoms. The molecule has 0 saturated heterocycles. The Balaban J connectivity index is 2.18. The van der Waals surface area contributed by atoms with Crippen LogP contribution in [0.3, 0.4) is 0 Å². The van der Waals surface area contributed by atoms with E-state index in [1.807, 2.05) is 43.3 Å². The molecule has 1 heterocycles. The molecule has 0 aliphatic carbocycles. The van der Waals surface area contributed by atoms with E-state index >= 15 is 0 Å². The Morgan fingerprint density at radius 3 is 2.38 bits per heavy atom. The first-order chi connectivity index (χ1) is 16.5. The maximum absolute atomic E-state index is 13.2. The lowest BCUT2D eigenvalue weighted by Gasteiger charge is -2.37. The topological polar surface area (TPSA) is 95.9 Å². The standard InChI is InChI=1S/C25H39NO8/c1-5-33-25-20(11-13-31-15-16-32-14-12-27)21(19-9-7-6-8-10-19)17-22(34-25)24(28)26(2)18-23(29-3)30-4/h6-10,17,20-21,23,25,27H,5,11-16,18H2,1-4H3. The van der Waals surface area contributed by atoms with Gasteiger partial charge >= 0.3 is 0 Å². The van der Waals surface area contributed by atoms with Gasteiger partial charge in [-0.1, -0.05) is 30.3 Å². The summed E-state index contributed by atoms with van der Waals surface area (Å²) in [6, 6.07) is 10.0. The molecule has 3 atom stereocenters. The van der Waals surface area contributed by atoms with E-state index in [1.54, 1.807) is 7.05 Å². The van der Waals surface area contributed by atoms with Gasteiger partial charge in [0, 0.05) is 46.3 Å². The molecular weight excluding hydrogens is 442 g/mol. The highest BCUT2D eigenvalue weighted by atomic mass is 16.7. The highest BCUT2D eigenvalue weighted by molar-refractivity contribution is 5.91. The Hall–Kier alpha value is -2.01. The van der Waals surface area contributed by atoms with E-state index in [2.05, 4.69) is 0 Å². The van der Waals surface area contributed by atoms with Gasteiger partial charge in [0.25, 0.3) is 5.91 Å². The monoisotopic (exact) mass is 481 g/mol. The van der Waals surface area contributed by atoms with Crippen molar-refractivity contribution in [2.75, 3.05) is 67.5 Å². The zero-order chi connectivity index (χ0) is 24.8. The summed E-state index contributed by atoms with van der Waals surface area (Å²) < 4.78 is 33.5. The molecule has 9 heteroatoms. The van der Waals surface area contributed by atoms with Gasteiger partial charge in [-0.15, -0.1) is 0 Å². The number of allylic oxidation sites excluding steroid dienone is 1. The Bertz CT molecular complexity index is 725. The van der Waals surface area contributed by atoms with Gasteiger partial charge in [0.1, 0.15) is 0 Å². The van der Waals surface area contributed by atoms with Crippen LogP contribution in [0, 0.1) is 5.92 Å². The minimum atomic E-state index is -0.595. The molecule has 0 radical (unpaired) electrons. The Morgan fingerprint density at radius 2 is 1.76 bits per heavy atom. The molecule has 34 heavy (non-hydrogen) atoms. The van der Waals surface area contributed by atoms with Crippen molar-refractivity contribution in [3.05, 3.63) is 47.7 Å². The van der Waals surface area contributed by atoms with Crippen LogP contribution in [0.1, 0.15) is 24.8 Å². The van der Waals surface area contributed by atoms with Crippen LogP contribution in [0.4, 0.5) is 0 Å². The number of ether oxygens (including phenoxy) is 6. The van der Waals surface area contributed by atoms with Crippen molar-refractivity contribution in [3.8, 4) is 0 Å². The highest BCUT2D eigenvalue weighted by Crippen LogP contribution is 2.39.